The molecule has 0 bridgehead atoms. The lowest BCUT2D eigenvalue weighted by Crippen LogP contribution is -2.54. The number of hydrogen-bond acceptors (Lipinski definition) is 5. The van der Waals surface area contributed by atoms with E-state index in [0.717, 1.165) is 32.2 Å². The zero-order valence-electron chi connectivity index (χ0n) is 15.1. The predicted molar refractivity (Wildman–Crippen MR) is 91.4 cm³/mol. The van der Waals surface area contributed by atoms with Crippen LogP contribution in [0.5, 0.6) is 0 Å². The summed E-state index contributed by atoms with van der Waals surface area (Å²) in [6.07, 6.45) is 5.45. The Kier molecular flexibility index (Phi) is 5.33. The van der Waals surface area contributed by atoms with E-state index < -0.39 is 6.10 Å². The molecule has 3 rings (SSSR count). The molecule has 0 aromatic rings. The van der Waals surface area contributed by atoms with Gasteiger partial charge in [-0.15, -0.1) is 0 Å². The van der Waals surface area contributed by atoms with Gasteiger partial charge in [-0.1, -0.05) is 25.5 Å². The van der Waals surface area contributed by atoms with Gasteiger partial charge in [-0.05, 0) is 31.7 Å². The fourth-order valence-corrected chi connectivity index (χ4v) is 4.90. The minimum Gasteiger partial charge on any atom is -0.461 e. The molecule has 5 nitrogen and oxygen atoms in total. The fourth-order valence-electron chi connectivity index (χ4n) is 4.90. The number of allylic oxidation sites excluding steroid dienone is 1. The second kappa shape index (κ2) is 7.14. The molecule has 24 heavy (non-hydrogen) atoms. The first kappa shape index (κ1) is 17.9. The normalized spacial score (nSPS) is 41.4. The SMILES string of the molecule is COCCCNCC1C(=O)OC2CC3=CCCC(C)C3(C)C(O)C21. The summed E-state index contributed by atoms with van der Waals surface area (Å²) in [5.41, 5.74) is 1.07. The minimum atomic E-state index is -0.518. The average molecular weight is 337 g/mol. The number of aliphatic hydroxyl groups is 1. The number of aliphatic hydroxyl groups excluding tert-OH is 1. The number of methoxy groups -OCH3 is 1. The third kappa shape index (κ3) is 2.91. The van der Waals surface area contributed by atoms with Gasteiger partial charge in [-0.25, -0.2) is 0 Å². The first-order valence-electron chi connectivity index (χ1n) is 9.27. The molecule has 0 radical (unpaired) electrons. The van der Waals surface area contributed by atoms with Crippen LogP contribution in [0.2, 0.25) is 0 Å². The van der Waals surface area contributed by atoms with Gasteiger partial charge in [0.25, 0.3) is 0 Å². The summed E-state index contributed by atoms with van der Waals surface area (Å²) in [7, 11) is 1.69. The Hall–Kier alpha value is -0.910. The van der Waals surface area contributed by atoms with Gasteiger partial charge in [0, 0.05) is 38.0 Å². The highest BCUT2D eigenvalue weighted by Crippen LogP contribution is 2.55. The summed E-state index contributed by atoms with van der Waals surface area (Å²) in [4.78, 5) is 12.4. The molecule has 136 valence electrons. The van der Waals surface area contributed by atoms with Crippen LogP contribution in [0.1, 0.15) is 39.5 Å². The molecule has 1 saturated heterocycles. The molecule has 1 aliphatic heterocycles. The van der Waals surface area contributed by atoms with E-state index in [1.165, 1.54) is 5.57 Å². The minimum absolute atomic E-state index is 0.102. The van der Waals surface area contributed by atoms with Crippen LogP contribution in [0, 0.1) is 23.2 Å². The van der Waals surface area contributed by atoms with E-state index in [9.17, 15) is 9.90 Å². The molecule has 0 spiro atoms. The van der Waals surface area contributed by atoms with Crippen molar-refractivity contribution in [1.29, 1.82) is 0 Å². The molecular formula is C19H31NO4. The first-order valence-corrected chi connectivity index (χ1v) is 9.27. The zero-order chi connectivity index (χ0) is 17.3. The van der Waals surface area contributed by atoms with Crippen molar-refractivity contribution in [3.05, 3.63) is 11.6 Å². The van der Waals surface area contributed by atoms with Gasteiger partial charge in [0.1, 0.15) is 6.10 Å². The van der Waals surface area contributed by atoms with Gasteiger partial charge in [0.15, 0.2) is 0 Å². The molecule has 2 N–H and O–H groups in total. The Bertz CT molecular complexity index is 506. The lowest BCUT2D eigenvalue weighted by molar-refractivity contribution is -0.144. The van der Waals surface area contributed by atoms with Gasteiger partial charge in [-0.3, -0.25) is 4.79 Å². The smallest absolute Gasteiger partial charge is 0.311 e. The van der Waals surface area contributed by atoms with Crippen molar-refractivity contribution in [3.8, 4) is 0 Å². The van der Waals surface area contributed by atoms with Crippen LogP contribution >= 0.6 is 0 Å². The number of carbonyl (C=O) groups excluding carboxylic acids is 1. The molecule has 1 saturated carbocycles. The number of hydrogen-bond donors (Lipinski definition) is 2. The summed E-state index contributed by atoms with van der Waals surface area (Å²) in [5, 5.41) is 14.5. The summed E-state index contributed by atoms with van der Waals surface area (Å²) in [5.74, 6) is -0.0755. The van der Waals surface area contributed by atoms with E-state index >= 15 is 0 Å². The van der Waals surface area contributed by atoms with Gasteiger partial charge in [0.05, 0.1) is 12.0 Å². The Labute approximate surface area is 144 Å². The maximum atomic E-state index is 12.4. The van der Waals surface area contributed by atoms with Crippen LogP contribution < -0.4 is 5.32 Å². The zero-order valence-corrected chi connectivity index (χ0v) is 15.1. The van der Waals surface area contributed by atoms with Crippen LogP contribution in [0.15, 0.2) is 11.6 Å². The Balaban J connectivity index is 1.72. The molecule has 1 heterocycles. The molecule has 2 aliphatic carbocycles. The molecule has 6 atom stereocenters. The third-order valence-corrected chi connectivity index (χ3v) is 6.64. The summed E-state index contributed by atoms with van der Waals surface area (Å²) in [6.45, 7) is 6.50. The van der Waals surface area contributed by atoms with Crippen LogP contribution in [-0.2, 0) is 14.3 Å². The highest BCUT2D eigenvalue weighted by molar-refractivity contribution is 5.76. The summed E-state index contributed by atoms with van der Waals surface area (Å²) < 4.78 is 10.7. The maximum Gasteiger partial charge on any atom is 0.311 e. The molecule has 6 unspecified atom stereocenters. The van der Waals surface area contributed by atoms with E-state index in [2.05, 4.69) is 25.2 Å². The average Bonchev–Trinajstić information content (AvgIpc) is 2.86. The van der Waals surface area contributed by atoms with Crippen LogP contribution in [0.25, 0.3) is 0 Å². The Morgan fingerprint density at radius 2 is 2.29 bits per heavy atom. The second-order valence-electron chi connectivity index (χ2n) is 7.85. The number of carbonyl (C=O) groups is 1. The Morgan fingerprint density at radius 3 is 3.04 bits per heavy atom. The van der Waals surface area contributed by atoms with Crippen molar-refractivity contribution in [2.24, 2.45) is 23.2 Å². The van der Waals surface area contributed by atoms with Crippen molar-refractivity contribution in [2.75, 3.05) is 26.8 Å². The molecule has 0 aromatic heterocycles. The van der Waals surface area contributed by atoms with Crippen molar-refractivity contribution < 1.29 is 19.4 Å². The van der Waals surface area contributed by atoms with Gasteiger partial charge >= 0.3 is 5.97 Å². The van der Waals surface area contributed by atoms with E-state index in [1.807, 2.05) is 0 Å². The van der Waals surface area contributed by atoms with E-state index in [1.54, 1.807) is 7.11 Å². The van der Waals surface area contributed by atoms with Crippen LogP contribution in [-0.4, -0.2) is 50.1 Å². The molecule has 0 amide bonds. The summed E-state index contributed by atoms with van der Waals surface area (Å²) in [6, 6.07) is 0. The van der Waals surface area contributed by atoms with E-state index in [-0.39, 0.29) is 29.3 Å². The molecule has 5 heteroatoms. The van der Waals surface area contributed by atoms with Crippen molar-refractivity contribution in [1.82, 2.24) is 5.32 Å². The monoisotopic (exact) mass is 337 g/mol. The first-order chi connectivity index (χ1) is 11.5. The Morgan fingerprint density at radius 1 is 1.50 bits per heavy atom. The maximum absolute atomic E-state index is 12.4. The van der Waals surface area contributed by atoms with Gasteiger partial charge < -0.3 is 19.9 Å². The van der Waals surface area contributed by atoms with Crippen molar-refractivity contribution >= 4 is 5.97 Å². The molecule has 2 fully saturated rings. The summed E-state index contributed by atoms with van der Waals surface area (Å²) >= 11 is 0. The molecule has 3 aliphatic rings. The topological polar surface area (TPSA) is 67.8 Å². The van der Waals surface area contributed by atoms with Gasteiger partial charge in [-0.2, -0.15) is 0 Å². The standard InChI is InChI=1S/C19H31NO4/c1-12-6-4-7-13-10-15-16(17(21)19(12,13)2)14(18(22)24-15)11-20-8-5-9-23-3/h7,12,14-17,20-21H,4-6,8-11H2,1-3H3. The van der Waals surface area contributed by atoms with Crippen molar-refractivity contribution in [2.45, 2.75) is 51.7 Å². The molecule has 0 aromatic carbocycles. The largest absolute Gasteiger partial charge is 0.461 e. The second-order valence-corrected chi connectivity index (χ2v) is 7.85. The van der Waals surface area contributed by atoms with Crippen LogP contribution in [0.4, 0.5) is 0 Å². The van der Waals surface area contributed by atoms with E-state index in [4.69, 9.17) is 9.47 Å². The van der Waals surface area contributed by atoms with E-state index in [0.29, 0.717) is 19.1 Å². The number of esters is 1. The van der Waals surface area contributed by atoms with Crippen LogP contribution in [0.3, 0.4) is 0 Å². The fraction of sp³-hybridized carbons (Fsp3) is 0.842. The number of ether oxygens (including phenoxy) is 2. The lowest BCUT2D eigenvalue weighted by Gasteiger charge is -2.51. The predicted octanol–water partition coefficient (Wildman–Crippen LogP) is 1.90. The highest BCUT2D eigenvalue weighted by Gasteiger charge is 2.59. The molecular weight excluding hydrogens is 306 g/mol. The quantitative estimate of drug-likeness (QED) is 0.440. The number of nitrogens with one attached hydrogen (secondary N) is 1. The lowest BCUT2D eigenvalue weighted by atomic mass is 9.55. The third-order valence-electron chi connectivity index (χ3n) is 6.64. The highest BCUT2D eigenvalue weighted by atomic mass is 16.6. The number of rotatable bonds is 6. The number of fused-ring (bicyclic) bond motifs is 2. The van der Waals surface area contributed by atoms with Crippen molar-refractivity contribution in [3.63, 3.8) is 0 Å². The van der Waals surface area contributed by atoms with Gasteiger partial charge in [0.2, 0.25) is 0 Å².